The summed E-state index contributed by atoms with van der Waals surface area (Å²) in [5.41, 5.74) is 3.21. The largest absolute Gasteiger partial charge is 0.291 e. The molecule has 3 rings (SSSR count). The number of aryl methyl sites for hydroxylation is 2. The van der Waals surface area contributed by atoms with Crippen molar-refractivity contribution in [2.24, 2.45) is 0 Å². The molecule has 1 amide bonds. The van der Waals surface area contributed by atoms with E-state index in [1.807, 2.05) is 13.0 Å². The molecule has 2 aromatic heterocycles. The minimum Gasteiger partial charge on any atom is -0.291 e. The monoisotopic (exact) mass is 324 g/mol. The Morgan fingerprint density at radius 3 is 2.58 bits per heavy atom. The predicted molar refractivity (Wildman–Crippen MR) is 90.6 cm³/mol. The van der Waals surface area contributed by atoms with E-state index in [9.17, 15) is 4.79 Å². The molecule has 0 radical (unpaired) electrons. The highest BCUT2D eigenvalue weighted by Crippen LogP contribution is 2.10. The summed E-state index contributed by atoms with van der Waals surface area (Å²) < 4.78 is 3.32. The third-order valence-corrected chi connectivity index (χ3v) is 3.75. The first-order valence-corrected chi connectivity index (χ1v) is 7.79. The Labute approximate surface area is 140 Å². The zero-order valence-corrected chi connectivity index (χ0v) is 14.0. The van der Waals surface area contributed by atoms with E-state index < -0.39 is 6.04 Å². The molecule has 1 N–H and O–H groups in total. The number of aromatic nitrogens is 5. The van der Waals surface area contributed by atoms with Gasteiger partial charge >= 0.3 is 0 Å². The maximum atomic E-state index is 12.3. The summed E-state index contributed by atoms with van der Waals surface area (Å²) in [6, 6.07) is 9.65. The lowest BCUT2D eigenvalue weighted by Crippen LogP contribution is -2.24. The number of carbonyl (C=O) groups excluding carboxylic acids is 1. The van der Waals surface area contributed by atoms with Gasteiger partial charge in [0, 0.05) is 6.20 Å². The molecule has 1 unspecified atom stereocenters. The standard InChI is InChI=1S/C17H20N6O/c1-12-4-6-15(7-5-12)10-22-11-18-17(21-22)19-16(24)14(3)23-9-8-13(2)20-23/h4-9,11,14H,10H2,1-3H3,(H,19,21,24). The van der Waals surface area contributed by atoms with Crippen molar-refractivity contribution in [3.05, 3.63) is 59.7 Å². The van der Waals surface area contributed by atoms with E-state index in [1.54, 1.807) is 28.8 Å². The number of anilines is 1. The van der Waals surface area contributed by atoms with Crippen molar-refractivity contribution in [2.45, 2.75) is 33.4 Å². The lowest BCUT2D eigenvalue weighted by Gasteiger charge is -2.10. The van der Waals surface area contributed by atoms with E-state index in [4.69, 9.17) is 0 Å². The van der Waals surface area contributed by atoms with Crippen molar-refractivity contribution >= 4 is 11.9 Å². The molecule has 0 aliphatic heterocycles. The number of hydrogen-bond donors (Lipinski definition) is 1. The van der Waals surface area contributed by atoms with Gasteiger partial charge in [0.25, 0.3) is 5.91 Å². The minimum atomic E-state index is -0.428. The van der Waals surface area contributed by atoms with Gasteiger partial charge in [0.05, 0.1) is 12.2 Å². The van der Waals surface area contributed by atoms with Crippen molar-refractivity contribution in [3.63, 3.8) is 0 Å². The number of amides is 1. The third-order valence-electron chi connectivity index (χ3n) is 3.75. The first-order valence-electron chi connectivity index (χ1n) is 7.79. The summed E-state index contributed by atoms with van der Waals surface area (Å²) in [4.78, 5) is 16.4. The molecule has 7 heteroatoms. The molecule has 0 saturated carbocycles. The summed E-state index contributed by atoms with van der Waals surface area (Å²) in [7, 11) is 0. The topological polar surface area (TPSA) is 77.6 Å². The number of nitrogens with zero attached hydrogens (tertiary/aromatic N) is 5. The Kier molecular flexibility index (Phi) is 4.41. The minimum absolute atomic E-state index is 0.203. The Balaban J connectivity index is 1.63. The molecule has 0 spiro atoms. The molecule has 2 heterocycles. The van der Waals surface area contributed by atoms with Crippen LogP contribution < -0.4 is 5.32 Å². The lowest BCUT2D eigenvalue weighted by atomic mass is 10.1. The summed E-state index contributed by atoms with van der Waals surface area (Å²) in [6.45, 7) is 6.33. The van der Waals surface area contributed by atoms with Crippen LogP contribution in [0.25, 0.3) is 0 Å². The number of nitrogens with one attached hydrogen (secondary N) is 1. The molecule has 1 aromatic carbocycles. The van der Waals surface area contributed by atoms with Gasteiger partial charge in [-0.2, -0.15) is 5.10 Å². The molecule has 1 atom stereocenters. The lowest BCUT2D eigenvalue weighted by molar-refractivity contribution is -0.119. The Morgan fingerprint density at radius 1 is 1.17 bits per heavy atom. The molecule has 0 bridgehead atoms. The summed E-state index contributed by atoms with van der Waals surface area (Å²) in [6.07, 6.45) is 3.39. The molecule has 0 saturated heterocycles. The number of carbonyl (C=O) groups is 1. The highest BCUT2D eigenvalue weighted by Gasteiger charge is 2.17. The van der Waals surface area contributed by atoms with E-state index in [2.05, 4.69) is 51.7 Å². The molecule has 0 aliphatic rings. The van der Waals surface area contributed by atoms with Crippen LogP contribution in [0.5, 0.6) is 0 Å². The molecule has 24 heavy (non-hydrogen) atoms. The molecule has 0 aliphatic carbocycles. The van der Waals surface area contributed by atoms with Crippen molar-refractivity contribution in [3.8, 4) is 0 Å². The van der Waals surface area contributed by atoms with Crippen LogP contribution in [0.2, 0.25) is 0 Å². The van der Waals surface area contributed by atoms with Gasteiger partial charge in [-0.05, 0) is 32.4 Å². The fraction of sp³-hybridized carbons (Fsp3) is 0.294. The van der Waals surface area contributed by atoms with Crippen LogP contribution in [-0.2, 0) is 11.3 Å². The van der Waals surface area contributed by atoms with Crippen LogP contribution in [0.15, 0.2) is 42.9 Å². The smallest absolute Gasteiger partial charge is 0.251 e. The van der Waals surface area contributed by atoms with Gasteiger partial charge in [0.2, 0.25) is 5.95 Å². The van der Waals surface area contributed by atoms with E-state index in [0.29, 0.717) is 12.5 Å². The fourth-order valence-electron chi connectivity index (χ4n) is 2.29. The predicted octanol–water partition coefficient (Wildman–Crippen LogP) is 2.34. The molecule has 3 aromatic rings. The molecule has 7 nitrogen and oxygen atoms in total. The average molecular weight is 324 g/mol. The number of benzene rings is 1. The van der Waals surface area contributed by atoms with Gasteiger partial charge in [-0.15, -0.1) is 5.10 Å². The fourth-order valence-corrected chi connectivity index (χ4v) is 2.29. The van der Waals surface area contributed by atoms with E-state index in [1.165, 1.54) is 5.56 Å². The normalized spacial score (nSPS) is 12.1. The zero-order valence-electron chi connectivity index (χ0n) is 14.0. The van der Waals surface area contributed by atoms with Crippen LogP contribution in [0.4, 0.5) is 5.95 Å². The first-order chi connectivity index (χ1) is 11.5. The van der Waals surface area contributed by atoms with E-state index in [0.717, 1.165) is 11.3 Å². The Hall–Kier alpha value is -2.96. The highest BCUT2D eigenvalue weighted by molar-refractivity contribution is 5.91. The summed E-state index contributed by atoms with van der Waals surface area (Å²) >= 11 is 0. The molecular formula is C17H20N6O. The van der Waals surface area contributed by atoms with Crippen LogP contribution in [0.1, 0.15) is 29.8 Å². The van der Waals surface area contributed by atoms with Gasteiger partial charge in [0.1, 0.15) is 12.4 Å². The second kappa shape index (κ2) is 6.66. The van der Waals surface area contributed by atoms with Gasteiger partial charge < -0.3 is 0 Å². The Bertz CT molecular complexity index is 833. The van der Waals surface area contributed by atoms with Gasteiger partial charge in [-0.3, -0.25) is 14.8 Å². The summed E-state index contributed by atoms with van der Waals surface area (Å²) in [5.74, 6) is 0.0917. The van der Waals surface area contributed by atoms with Crippen LogP contribution in [-0.4, -0.2) is 30.5 Å². The quantitative estimate of drug-likeness (QED) is 0.781. The van der Waals surface area contributed by atoms with Crippen LogP contribution >= 0.6 is 0 Å². The van der Waals surface area contributed by atoms with Crippen molar-refractivity contribution in [2.75, 3.05) is 5.32 Å². The van der Waals surface area contributed by atoms with E-state index >= 15 is 0 Å². The van der Waals surface area contributed by atoms with Crippen LogP contribution in [0.3, 0.4) is 0 Å². The SMILES string of the molecule is Cc1ccc(Cn2cnc(NC(=O)C(C)n3ccc(C)n3)n2)cc1. The number of hydrogen-bond acceptors (Lipinski definition) is 4. The van der Waals surface area contributed by atoms with Crippen molar-refractivity contribution < 1.29 is 4.79 Å². The van der Waals surface area contributed by atoms with Gasteiger partial charge in [0.15, 0.2) is 0 Å². The van der Waals surface area contributed by atoms with E-state index in [-0.39, 0.29) is 5.91 Å². The van der Waals surface area contributed by atoms with Gasteiger partial charge in [-0.25, -0.2) is 9.67 Å². The number of rotatable bonds is 5. The maximum absolute atomic E-state index is 12.3. The van der Waals surface area contributed by atoms with Crippen molar-refractivity contribution in [1.29, 1.82) is 0 Å². The highest BCUT2D eigenvalue weighted by atomic mass is 16.2. The Morgan fingerprint density at radius 2 is 1.92 bits per heavy atom. The third kappa shape index (κ3) is 3.68. The zero-order chi connectivity index (χ0) is 17.1. The first kappa shape index (κ1) is 15.9. The van der Waals surface area contributed by atoms with Crippen molar-refractivity contribution in [1.82, 2.24) is 24.5 Å². The second-order valence-electron chi connectivity index (χ2n) is 5.85. The molecule has 124 valence electrons. The maximum Gasteiger partial charge on any atom is 0.251 e. The van der Waals surface area contributed by atoms with Gasteiger partial charge in [-0.1, -0.05) is 29.8 Å². The second-order valence-corrected chi connectivity index (χ2v) is 5.85. The molecular weight excluding hydrogens is 304 g/mol. The average Bonchev–Trinajstić information content (AvgIpc) is 3.18. The molecule has 0 fully saturated rings. The van der Waals surface area contributed by atoms with Crippen LogP contribution in [0, 0.1) is 13.8 Å². The summed E-state index contributed by atoms with van der Waals surface area (Å²) in [5, 5.41) is 11.3.